The number of thioether (sulfide) groups is 1. The summed E-state index contributed by atoms with van der Waals surface area (Å²) >= 11 is 1.95. The summed E-state index contributed by atoms with van der Waals surface area (Å²) in [6.07, 6.45) is 0. The highest BCUT2D eigenvalue weighted by Gasteiger charge is 2.36. The molecule has 2 rings (SSSR count). The van der Waals surface area contributed by atoms with Crippen molar-refractivity contribution in [3.05, 3.63) is 30.3 Å². The van der Waals surface area contributed by atoms with Crippen molar-refractivity contribution in [3.63, 3.8) is 0 Å². The van der Waals surface area contributed by atoms with E-state index in [0.29, 0.717) is 0 Å². The molecule has 0 spiro atoms. The van der Waals surface area contributed by atoms with Crippen molar-refractivity contribution in [2.75, 3.05) is 25.4 Å². The molecule has 0 aliphatic carbocycles. The first-order chi connectivity index (χ1) is 8.89. The Labute approximate surface area is 122 Å². The Morgan fingerprint density at radius 2 is 1.84 bits per heavy atom. The van der Waals surface area contributed by atoms with Crippen LogP contribution in [0.4, 0.5) is 0 Å². The van der Waals surface area contributed by atoms with Crippen molar-refractivity contribution >= 4 is 11.8 Å². The SMILES string of the molecule is CC1(C)CN(CCSc2ccccc2)C(C)(C)CN1. The summed E-state index contributed by atoms with van der Waals surface area (Å²) in [5.74, 6) is 1.16. The van der Waals surface area contributed by atoms with Gasteiger partial charge in [0.1, 0.15) is 0 Å². The third-order valence-corrected chi connectivity index (χ3v) is 4.81. The Kier molecular flexibility index (Phi) is 4.59. The topological polar surface area (TPSA) is 15.3 Å². The van der Waals surface area contributed by atoms with E-state index in [1.54, 1.807) is 0 Å². The molecule has 1 aromatic rings. The van der Waals surface area contributed by atoms with E-state index < -0.39 is 0 Å². The molecule has 0 aromatic heterocycles. The van der Waals surface area contributed by atoms with Crippen LogP contribution < -0.4 is 5.32 Å². The maximum atomic E-state index is 3.64. The van der Waals surface area contributed by atoms with Gasteiger partial charge < -0.3 is 5.32 Å². The molecule has 1 heterocycles. The molecule has 3 heteroatoms. The lowest BCUT2D eigenvalue weighted by molar-refractivity contribution is 0.0453. The standard InChI is InChI=1S/C16H26N2S/c1-15(2)13-18(16(3,4)12-17-15)10-11-19-14-8-6-5-7-9-14/h5-9,17H,10-13H2,1-4H3. The van der Waals surface area contributed by atoms with E-state index in [1.807, 2.05) is 11.8 Å². The molecule has 1 N–H and O–H groups in total. The molecule has 1 fully saturated rings. The average Bonchev–Trinajstić information content (AvgIpc) is 2.35. The molecule has 0 unspecified atom stereocenters. The van der Waals surface area contributed by atoms with Gasteiger partial charge in [-0.2, -0.15) is 0 Å². The first kappa shape index (κ1) is 14.9. The second-order valence-corrected chi connectivity index (χ2v) is 7.80. The monoisotopic (exact) mass is 278 g/mol. The molecule has 19 heavy (non-hydrogen) atoms. The average molecular weight is 278 g/mol. The lowest BCUT2D eigenvalue weighted by atomic mass is 9.92. The molecule has 1 aromatic carbocycles. The Balaban J connectivity index is 1.87. The van der Waals surface area contributed by atoms with Crippen LogP contribution in [0.3, 0.4) is 0 Å². The van der Waals surface area contributed by atoms with Crippen LogP contribution in [0, 0.1) is 0 Å². The van der Waals surface area contributed by atoms with Gasteiger partial charge in [0.2, 0.25) is 0 Å². The van der Waals surface area contributed by atoms with E-state index >= 15 is 0 Å². The van der Waals surface area contributed by atoms with E-state index in [4.69, 9.17) is 0 Å². The molecule has 0 atom stereocenters. The Bertz CT molecular complexity index is 400. The van der Waals surface area contributed by atoms with Crippen LogP contribution in [-0.2, 0) is 0 Å². The number of nitrogens with one attached hydrogen (secondary N) is 1. The predicted octanol–water partition coefficient (Wildman–Crippen LogP) is 3.24. The molecule has 1 aliphatic heterocycles. The number of hydrogen-bond donors (Lipinski definition) is 1. The van der Waals surface area contributed by atoms with E-state index in [9.17, 15) is 0 Å². The summed E-state index contributed by atoms with van der Waals surface area (Å²) in [6.45, 7) is 12.6. The minimum Gasteiger partial charge on any atom is -0.309 e. The summed E-state index contributed by atoms with van der Waals surface area (Å²) in [7, 11) is 0. The predicted molar refractivity (Wildman–Crippen MR) is 84.9 cm³/mol. The minimum absolute atomic E-state index is 0.229. The zero-order valence-corrected chi connectivity index (χ0v) is 13.4. The fraction of sp³-hybridized carbons (Fsp3) is 0.625. The van der Waals surface area contributed by atoms with Gasteiger partial charge in [0, 0.05) is 41.4 Å². The highest BCUT2D eigenvalue weighted by Crippen LogP contribution is 2.25. The third-order valence-electron chi connectivity index (χ3n) is 3.81. The molecular formula is C16H26N2S. The van der Waals surface area contributed by atoms with Gasteiger partial charge in [0.25, 0.3) is 0 Å². The van der Waals surface area contributed by atoms with Crippen molar-refractivity contribution in [3.8, 4) is 0 Å². The first-order valence-corrected chi connectivity index (χ1v) is 8.06. The maximum Gasteiger partial charge on any atom is 0.0278 e. The van der Waals surface area contributed by atoms with Crippen LogP contribution in [0.2, 0.25) is 0 Å². The molecule has 0 saturated carbocycles. The van der Waals surface area contributed by atoms with Gasteiger partial charge in [0.05, 0.1) is 0 Å². The Hall–Kier alpha value is -0.510. The second-order valence-electron chi connectivity index (χ2n) is 6.63. The van der Waals surface area contributed by atoms with E-state index in [2.05, 4.69) is 68.2 Å². The largest absolute Gasteiger partial charge is 0.309 e. The zero-order chi connectivity index (χ0) is 13.9. The lowest BCUT2D eigenvalue weighted by Gasteiger charge is -2.49. The summed E-state index contributed by atoms with van der Waals surface area (Å²) in [6, 6.07) is 10.7. The molecule has 0 bridgehead atoms. The van der Waals surface area contributed by atoms with Crippen molar-refractivity contribution in [2.45, 2.75) is 43.7 Å². The minimum atomic E-state index is 0.229. The third kappa shape index (κ3) is 4.23. The first-order valence-electron chi connectivity index (χ1n) is 7.07. The normalized spacial score (nSPS) is 22.3. The van der Waals surface area contributed by atoms with Gasteiger partial charge in [-0.15, -0.1) is 11.8 Å². The fourth-order valence-corrected chi connectivity index (χ4v) is 3.38. The molecule has 1 aliphatic rings. The molecule has 106 valence electrons. The highest BCUT2D eigenvalue weighted by molar-refractivity contribution is 7.99. The Morgan fingerprint density at radius 1 is 1.16 bits per heavy atom. The smallest absolute Gasteiger partial charge is 0.0278 e. The lowest BCUT2D eigenvalue weighted by Crippen LogP contribution is -2.66. The van der Waals surface area contributed by atoms with E-state index in [0.717, 1.165) is 25.4 Å². The number of piperazine rings is 1. The van der Waals surface area contributed by atoms with Gasteiger partial charge in [-0.1, -0.05) is 18.2 Å². The summed E-state index contributed by atoms with van der Waals surface area (Å²) < 4.78 is 0. The van der Waals surface area contributed by atoms with Gasteiger partial charge in [-0.05, 0) is 39.8 Å². The van der Waals surface area contributed by atoms with Crippen LogP contribution >= 0.6 is 11.8 Å². The van der Waals surface area contributed by atoms with Crippen molar-refractivity contribution < 1.29 is 0 Å². The Morgan fingerprint density at radius 3 is 2.53 bits per heavy atom. The van der Waals surface area contributed by atoms with Gasteiger partial charge in [-0.3, -0.25) is 4.90 Å². The molecular weight excluding hydrogens is 252 g/mol. The van der Waals surface area contributed by atoms with Crippen LogP contribution in [0.5, 0.6) is 0 Å². The zero-order valence-electron chi connectivity index (χ0n) is 12.6. The van der Waals surface area contributed by atoms with Crippen LogP contribution in [0.1, 0.15) is 27.7 Å². The second kappa shape index (κ2) is 5.86. The molecule has 0 amide bonds. The number of hydrogen-bond acceptors (Lipinski definition) is 3. The van der Waals surface area contributed by atoms with Gasteiger partial charge in [-0.25, -0.2) is 0 Å². The summed E-state index contributed by atoms with van der Waals surface area (Å²) in [4.78, 5) is 3.99. The van der Waals surface area contributed by atoms with Crippen LogP contribution in [0.25, 0.3) is 0 Å². The quantitative estimate of drug-likeness (QED) is 0.851. The fourth-order valence-electron chi connectivity index (χ4n) is 2.49. The van der Waals surface area contributed by atoms with Crippen LogP contribution in [-0.4, -0.2) is 41.4 Å². The van der Waals surface area contributed by atoms with Crippen molar-refractivity contribution in [1.29, 1.82) is 0 Å². The highest BCUT2D eigenvalue weighted by atomic mass is 32.2. The van der Waals surface area contributed by atoms with Gasteiger partial charge >= 0.3 is 0 Å². The molecule has 1 saturated heterocycles. The summed E-state index contributed by atoms with van der Waals surface area (Å²) in [5.41, 5.74) is 0.486. The molecule has 0 radical (unpaired) electrons. The number of rotatable bonds is 4. The number of nitrogens with zero attached hydrogens (tertiary/aromatic N) is 1. The maximum absolute atomic E-state index is 3.64. The van der Waals surface area contributed by atoms with E-state index in [1.165, 1.54) is 4.90 Å². The number of benzene rings is 1. The van der Waals surface area contributed by atoms with Gasteiger partial charge in [0.15, 0.2) is 0 Å². The molecule has 2 nitrogen and oxygen atoms in total. The van der Waals surface area contributed by atoms with Crippen molar-refractivity contribution in [1.82, 2.24) is 10.2 Å². The van der Waals surface area contributed by atoms with Crippen molar-refractivity contribution in [2.24, 2.45) is 0 Å². The van der Waals surface area contributed by atoms with Crippen LogP contribution in [0.15, 0.2) is 35.2 Å². The summed E-state index contributed by atoms with van der Waals surface area (Å²) in [5, 5.41) is 3.64. The van der Waals surface area contributed by atoms with E-state index in [-0.39, 0.29) is 11.1 Å².